The second-order valence-corrected chi connectivity index (χ2v) is 6.05. The van der Waals surface area contributed by atoms with E-state index in [0.717, 1.165) is 11.4 Å². The van der Waals surface area contributed by atoms with Gasteiger partial charge in [-0.05, 0) is 41.7 Å². The summed E-state index contributed by atoms with van der Waals surface area (Å²) in [6.45, 7) is 0. The summed E-state index contributed by atoms with van der Waals surface area (Å²) in [5.41, 5.74) is 3.96. The van der Waals surface area contributed by atoms with Crippen LogP contribution in [0.2, 0.25) is 5.02 Å². The molecule has 1 N–H and O–H groups in total. The van der Waals surface area contributed by atoms with E-state index in [2.05, 4.69) is 53.9 Å². The predicted octanol–water partition coefficient (Wildman–Crippen LogP) is 5.17. The van der Waals surface area contributed by atoms with Gasteiger partial charge in [-0.3, -0.25) is 0 Å². The van der Waals surface area contributed by atoms with Gasteiger partial charge in [-0.1, -0.05) is 54.1 Å². The molecule has 0 fully saturated rings. The maximum absolute atomic E-state index is 6.16. The van der Waals surface area contributed by atoms with Gasteiger partial charge < -0.3 is 5.32 Å². The first-order valence-electron chi connectivity index (χ1n) is 7.10. The number of fused-ring (bicyclic) bond motifs is 3. The molecule has 2 heteroatoms. The molecule has 0 bridgehead atoms. The van der Waals surface area contributed by atoms with Crippen LogP contribution in [0, 0.1) is 5.92 Å². The Kier molecular flexibility index (Phi) is 2.82. The van der Waals surface area contributed by atoms with Crippen molar-refractivity contribution in [3.05, 3.63) is 76.8 Å². The number of allylic oxidation sites excluding steroid dienone is 2. The van der Waals surface area contributed by atoms with E-state index >= 15 is 0 Å². The summed E-state index contributed by atoms with van der Waals surface area (Å²) in [5.74, 6) is 1.11. The van der Waals surface area contributed by atoms with E-state index in [9.17, 15) is 0 Å². The fourth-order valence-corrected chi connectivity index (χ4v) is 3.77. The highest BCUT2D eigenvalue weighted by atomic mass is 35.5. The van der Waals surface area contributed by atoms with E-state index in [1.165, 1.54) is 16.8 Å². The molecule has 2 aromatic carbocycles. The summed E-state index contributed by atoms with van der Waals surface area (Å²) in [6.07, 6.45) is 5.81. The standard InChI is InChI=1S/C18H16ClN/c19-13-6-3-5-12(11-13)18-16-9-4-8-14(16)15-7-1-2-10-17(15)20-18/h1-8,10-11,14,16,18,20H,9H2. The van der Waals surface area contributed by atoms with Crippen molar-refractivity contribution in [2.75, 3.05) is 5.32 Å². The van der Waals surface area contributed by atoms with Crippen molar-refractivity contribution >= 4 is 17.3 Å². The summed E-state index contributed by atoms with van der Waals surface area (Å²) >= 11 is 6.16. The minimum atomic E-state index is 0.337. The second kappa shape index (κ2) is 4.68. The lowest BCUT2D eigenvalue weighted by atomic mass is 9.77. The van der Waals surface area contributed by atoms with Crippen LogP contribution in [0.4, 0.5) is 5.69 Å². The smallest absolute Gasteiger partial charge is 0.0554 e. The summed E-state index contributed by atoms with van der Waals surface area (Å²) in [7, 11) is 0. The molecule has 2 aromatic rings. The first kappa shape index (κ1) is 12.0. The molecule has 1 aliphatic heterocycles. The number of para-hydroxylation sites is 1. The second-order valence-electron chi connectivity index (χ2n) is 5.62. The highest BCUT2D eigenvalue weighted by Crippen LogP contribution is 2.49. The van der Waals surface area contributed by atoms with Gasteiger partial charge in [-0.2, -0.15) is 0 Å². The van der Waals surface area contributed by atoms with Crippen LogP contribution in [0.3, 0.4) is 0 Å². The number of benzene rings is 2. The maximum atomic E-state index is 6.16. The fraction of sp³-hybridized carbons (Fsp3) is 0.222. The zero-order valence-electron chi connectivity index (χ0n) is 11.1. The molecule has 3 unspecified atom stereocenters. The molecule has 2 aliphatic rings. The molecule has 4 rings (SSSR count). The predicted molar refractivity (Wildman–Crippen MR) is 84.2 cm³/mol. The Bertz CT molecular complexity index is 677. The number of halogens is 1. The third kappa shape index (κ3) is 1.85. The van der Waals surface area contributed by atoms with Crippen LogP contribution >= 0.6 is 11.6 Å². The topological polar surface area (TPSA) is 12.0 Å². The molecule has 1 heterocycles. The summed E-state index contributed by atoms with van der Waals surface area (Å²) in [4.78, 5) is 0. The Morgan fingerprint density at radius 1 is 1.05 bits per heavy atom. The highest BCUT2D eigenvalue weighted by Gasteiger charge is 2.37. The van der Waals surface area contributed by atoms with Gasteiger partial charge in [0.05, 0.1) is 6.04 Å². The third-order valence-electron chi connectivity index (χ3n) is 4.48. The molecule has 100 valence electrons. The van der Waals surface area contributed by atoms with E-state index in [0.29, 0.717) is 17.9 Å². The minimum absolute atomic E-state index is 0.337. The van der Waals surface area contributed by atoms with Crippen LogP contribution < -0.4 is 5.32 Å². The van der Waals surface area contributed by atoms with E-state index < -0.39 is 0 Å². The Labute approximate surface area is 124 Å². The quantitative estimate of drug-likeness (QED) is 0.711. The van der Waals surface area contributed by atoms with E-state index in [1.54, 1.807) is 0 Å². The normalized spacial score (nSPS) is 26.8. The summed E-state index contributed by atoms with van der Waals surface area (Å²) in [5, 5.41) is 4.52. The van der Waals surface area contributed by atoms with Crippen LogP contribution in [0.1, 0.15) is 29.5 Å². The minimum Gasteiger partial charge on any atom is -0.378 e. The number of hydrogen-bond donors (Lipinski definition) is 1. The lowest BCUT2D eigenvalue weighted by Gasteiger charge is -2.37. The molecule has 3 atom stereocenters. The van der Waals surface area contributed by atoms with Gasteiger partial charge in [0, 0.05) is 16.6 Å². The van der Waals surface area contributed by atoms with Crippen molar-refractivity contribution < 1.29 is 0 Å². The van der Waals surface area contributed by atoms with Gasteiger partial charge in [0.25, 0.3) is 0 Å². The van der Waals surface area contributed by atoms with Crippen LogP contribution in [-0.4, -0.2) is 0 Å². The monoisotopic (exact) mass is 281 g/mol. The SMILES string of the molecule is Clc1cccc(C2Nc3ccccc3C3C=CCC32)c1. The van der Waals surface area contributed by atoms with Gasteiger partial charge in [-0.25, -0.2) is 0 Å². The van der Waals surface area contributed by atoms with E-state index in [-0.39, 0.29) is 0 Å². The summed E-state index contributed by atoms with van der Waals surface area (Å²) < 4.78 is 0. The van der Waals surface area contributed by atoms with Gasteiger partial charge in [0.1, 0.15) is 0 Å². The average Bonchev–Trinajstić information content (AvgIpc) is 2.96. The zero-order chi connectivity index (χ0) is 13.5. The molecule has 20 heavy (non-hydrogen) atoms. The molecule has 1 nitrogen and oxygen atoms in total. The number of nitrogens with one attached hydrogen (secondary N) is 1. The zero-order valence-corrected chi connectivity index (χ0v) is 11.8. The molecular weight excluding hydrogens is 266 g/mol. The van der Waals surface area contributed by atoms with Crippen molar-refractivity contribution in [2.45, 2.75) is 18.4 Å². The number of anilines is 1. The molecule has 1 aliphatic carbocycles. The van der Waals surface area contributed by atoms with Crippen LogP contribution in [0.5, 0.6) is 0 Å². The number of rotatable bonds is 1. The Hall–Kier alpha value is -1.73. The largest absolute Gasteiger partial charge is 0.378 e. The van der Waals surface area contributed by atoms with Crippen molar-refractivity contribution in [1.29, 1.82) is 0 Å². The lowest BCUT2D eigenvalue weighted by Crippen LogP contribution is -2.28. The molecule has 0 aromatic heterocycles. The van der Waals surface area contributed by atoms with Gasteiger partial charge >= 0.3 is 0 Å². The summed E-state index contributed by atoms with van der Waals surface area (Å²) in [6, 6.07) is 17.2. The van der Waals surface area contributed by atoms with Gasteiger partial charge in [0.15, 0.2) is 0 Å². The third-order valence-corrected chi connectivity index (χ3v) is 4.71. The molecule has 0 radical (unpaired) electrons. The lowest BCUT2D eigenvalue weighted by molar-refractivity contribution is 0.425. The van der Waals surface area contributed by atoms with Crippen molar-refractivity contribution in [2.24, 2.45) is 5.92 Å². The Morgan fingerprint density at radius 2 is 1.95 bits per heavy atom. The fourth-order valence-electron chi connectivity index (χ4n) is 3.57. The van der Waals surface area contributed by atoms with Crippen molar-refractivity contribution in [1.82, 2.24) is 0 Å². The molecule has 0 spiro atoms. The van der Waals surface area contributed by atoms with E-state index in [1.807, 2.05) is 12.1 Å². The molecule has 0 saturated carbocycles. The van der Waals surface area contributed by atoms with Crippen LogP contribution in [-0.2, 0) is 0 Å². The van der Waals surface area contributed by atoms with Gasteiger partial charge in [0.2, 0.25) is 0 Å². The van der Waals surface area contributed by atoms with E-state index in [4.69, 9.17) is 11.6 Å². The van der Waals surface area contributed by atoms with Gasteiger partial charge in [-0.15, -0.1) is 0 Å². The van der Waals surface area contributed by atoms with Crippen LogP contribution in [0.15, 0.2) is 60.7 Å². The first-order chi connectivity index (χ1) is 9.83. The number of hydrogen-bond acceptors (Lipinski definition) is 1. The first-order valence-corrected chi connectivity index (χ1v) is 7.48. The highest BCUT2D eigenvalue weighted by molar-refractivity contribution is 6.30. The molecule has 0 saturated heterocycles. The van der Waals surface area contributed by atoms with Crippen LogP contribution in [0.25, 0.3) is 0 Å². The average molecular weight is 282 g/mol. The molecular formula is C18H16ClN. The molecule has 0 amide bonds. The maximum Gasteiger partial charge on any atom is 0.0554 e. The van der Waals surface area contributed by atoms with Crippen molar-refractivity contribution in [3.8, 4) is 0 Å². The van der Waals surface area contributed by atoms with Crippen molar-refractivity contribution in [3.63, 3.8) is 0 Å². The Balaban J connectivity index is 1.80. The Morgan fingerprint density at radius 3 is 2.85 bits per heavy atom.